The summed E-state index contributed by atoms with van der Waals surface area (Å²) in [5.74, 6) is -0.367. The van der Waals surface area contributed by atoms with E-state index >= 15 is 0 Å². The van der Waals surface area contributed by atoms with Crippen molar-refractivity contribution in [1.82, 2.24) is 5.32 Å². The highest BCUT2D eigenvalue weighted by molar-refractivity contribution is 6.04. The van der Waals surface area contributed by atoms with Crippen molar-refractivity contribution >= 4 is 5.91 Å². The van der Waals surface area contributed by atoms with Gasteiger partial charge < -0.3 is 5.32 Å². The van der Waals surface area contributed by atoms with E-state index in [1.54, 1.807) is 26.0 Å². The molecule has 13 heavy (non-hydrogen) atoms. The van der Waals surface area contributed by atoms with Crippen molar-refractivity contribution in [2.75, 3.05) is 0 Å². The summed E-state index contributed by atoms with van der Waals surface area (Å²) in [7, 11) is 0. The Bertz CT molecular complexity index is 399. The molecule has 0 bridgehead atoms. The molecule has 0 atom stereocenters. The maximum Gasteiger partial charge on any atom is 0.257 e. The number of rotatable bonds is 0. The third kappa shape index (κ3) is 1.30. The number of amides is 1. The Morgan fingerprint density at radius 2 is 1.85 bits per heavy atom. The van der Waals surface area contributed by atoms with Gasteiger partial charge in [0.1, 0.15) is 17.7 Å². The molecule has 1 heterocycles. The lowest BCUT2D eigenvalue weighted by atomic mass is 10.0. The molecule has 1 aliphatic heterocycles. The van der Waals surface area contributed by atoms with Crippen LogP contribution < -0.4 is 5.32 Å². The van der Waals surface area contributed by atoms with Gasteiger partial charge in [-0.15, -0.1) is 0 Å². The van der Waals surface area contributed by atoms with Crippen LogP contribution >= 0.6 is 0 Å². The molecule has 4 heteroatoms. The van der Waals surface area contributed by atoms with Crippen LogP contribution in [0, 0.1) is 22.7 Å². The minimum Gasteiger partial charge on any atom is -0.326 e. The molecule has 0 radical (unpaired) electrons. The van der Waals surface area contributed by atoms with Crippen LogP contribution in [0.1, 0.15) is 13.8 Å². The van der Waals surface area contributed by atoms with Gasteiger partial charge in [0.15, 0.2) is 0 Å². The summed E-state index contributed by atoms with van der Waals surface area (Å²) in [5.41, 5.74) is 1.43. The van der Waals surface area contributed by atoms with Crippen molar-refractivity contribution in [3.63, 3.8) is 0 Å². The van der Waals surface area contributed by atoms with Gasteiger partial charge in [-0.3, -0.25) is 4.79 Å². The second kappa shape index (κ2) is 3.12. The fourth-order valence-corrected chi connectivity index (χ4v) is 1.12. The van der Waals surface area contributed by atoms with Gasteiger partial charge in [0, 0.05) is 5.70 Å². The maximum atomic E-state index is 11.2. The number of nitriles is 2. The monoisotopic (exact) mass is 173 g/mol. The topological polar surface area (TPSA) is 76.7 Å². The van der Waals surface area contributed by atoms with Gasteiger partial charge in [0.05, 0.1) is 5.57 Å². The Morgan fingerprint density at radius 1 is 1.31 bits per heavy atom. The predicted molar refractivity (Wildman–Crippen MR) is 44.8 cm³/mol. The summed E-state index contributed by atoms with van der Waals surface area (Å²) < 4.78 is 0. The van der Waals surface area contributed by atoms with Gasteiger partial charge in [0.2, 0.25) is 0 Å². The Kier molecular flexibility index (Phi) is 2.17. The van der Waals surface area contributed by atoms with E-state index in [9.17, 15) is 4.79 Å². The quantitative estimate of drug-likeness (QED) is 0.433. The lowest BCUT2D eigenvalue weighted by molar-refractivity contribution is -0.116. The Morgan fingerprint density at radius 3 is 2.15 bits per heavy atom. The smallest absolute Gasteiger partial charge is 0.257 e. The molecule has 1 aliphatic rings. The zero-order valence-corrected chi connectivity index (χ0v) is 7.30. The first-order valence-electron chi connectivity index (χ1n) is 3.65. The van der Waals surface area contributed by atoms with Crippen molar-refractivity contribution in [2.24, 2.45) is 0 Å². The highest BCUT2D eigenvalue weighted by Gasteiger charge is 2.25. The van der Waals surface area contributed by atoms with Crippen LogP contribution in [0.15, 0.2) is 22.4 Å². The van der Waals surface area contributed by atoms with Crippen molar-refractivity contribution in [3.05, 3.63) is 22.4 Å². The molecule has 1 N–H and O–H groups in total. The number of carbonyl (C=O) groups is 1. The summed E-state index contributed by atoms with van der Waals surface area (Å²) >= 11 is 0. The maximum absolute atomic E-state index is 11.2. The molecule has 0 aromatic carbocycles. The zero-order valence-electron chi connectivity index (χ0n) is 7.30. The van der Waals surface area contributed by atoms with E-state index in [0.717, 1.165) is 0 Å². The lowest BCUT2D eigenvalue weighted by Crippen LogP contribution is -2.15. The minimum absolute atomic E-state index is 0.133. The average Bonchev–Trinajstić information content (AvgIpc) is 2.34. The fraction of sp³-hybridized carbons (Fsp3) is 0.222. The number of nitrogens with one attached hydrogen (secondary N) is 1. The first kappa shape index (κ1) is 9.02. The molecule has 0 aromatic heterocycles. The van der Waals surface area contributed by atoms with Gasteiger partial charge in [-0.25, -0.2) is 0 Å². The highest BCUT2D eigenvalue weighted by atomic mass is 16.1. The molecule has 0 spiro atoms. The Labute approximate surface area is 75.8 Å². The van der Waals surface area contributed by atoms with Crippen LogP contribution in [0.25, 0.3) is 0 Å². The zero-order chi connectivity index (χ0) is 10.0. The fourth-order valence-electron chi connectivity index (χ4n) is 1.12. The van der Waals surface area contributed by atoms with E-state index in [-0.39, 0.29) is 17.1 Å². The second-order valence-corrected chi connectivity index (χ2v) is 2.68. The van der Waals surface area contributed by atoms with E-state index in [2.05, 4.69) is 5.32 Å². The predicted octanol–water partition coefficient (Wildman–Crippen LogP) is 0.754. The normalized spacial score (nSPS) is 15.1. The van der Waals surface area contributed by atoms with E-state index in [4.69, 9.17) is 10.5 Å². The largest absolute Gasteiger partial charge is 0.326 e. The molecule has 1 amide bonds. The number of carbonyl (C=O) groups excluding carboxylic acids is 1. The molecule has 4 nitrogen and oxygen atoms in total. The summed E-state index contributed by atoms with van der Waals surface area (Å²) in [6, 6.07) is 3.40. The number of hydrogen-bond acceptors (Lipinski definition) is 3. The molecule has 0 aliphatic carbocycles. The molecular formula is C9H7N3O. The Hall–Kier alpha value is -2.07. The van der Waals surface area contributed by atoms with Crippen molar-refractivity contribution in [2.45, 2.75) is 13.8 Å². The third-order valence-electron chi connectivity index (χ3n) is 1.94. The van der Waals surface area contributed by atoms with Gasteiger partial charge in [-0.05, 0) is 19.4 Å². The van der Waals surface area contributed by atoms with Crippen molar-refractivity contribution in [1.29, 1.82) is 10.5 Å². The molecule has 1 rings (SSSR count). The first-order chi connectivity index (χ1) is 6.11. The molecule has 0 unspecified atom stereocenters. The average molecular weight is 173 g/mol. The number of hydrogen-bond donors (Lipinski definition) is 1. The van der Waals surface area contributed by atoms with Crippen LogP contribution in [-0.4, -0.2) is 5.91 Å². The minimum atomic E-state index is -0.367. The summed E-state index contributed by atoms with van der Waals surface area (Å²) in [4.78, 5) is 11.2. The Balaban J connectivity index is 3.38. The van der Waals surface area contributed by atoms with E-state index in [1.165, 1.54) is 0 Å². The van der Waals surface area contributed by atoms with Crippen LogP contribution in [0.3, 0.4) is 0 Å². The molecule has 64 valence electrons. The highest BCUT2D eigenvalue weighted by Crippen LogP contribution is 2.22. The van der Waals surface area contributed by atoms with Crippen LogP contribution in [0.2, 0.25) is 0 Å². The standard InChI is InChI=1S/C9H7N3O/c1-5-6(2)12-9(13)8(5)7(3-10)4-11/h1-2H3,(H,12,13). The first-order valence-corrected chi connectivity index (χ1v) is 3.65. The molecule has 0 fully saturated rings. The number of allylic oxidation sites excluding steroid dienone is 2. The van der Waals surface area contributed by atoms with Crippen LogP contribution in [-0.2, 0) is 4.79 Å². The molecule has 0 aromatic rings. The van der Waals surface area contributed by atoms with E-state index in [1.807, 2.05) is 0 Å². The van der Waals surface area contributed by atoms with E-state index in [0.29, 0.717) is 11.3 Å². The van der Waals surface area contributed by atoms with Gasteiger partial charge in [-0.1, -0.05) is 0 Å². The molecular weight excluding hydrogens is 166 g/mol. The van der Waals surface area contributed by atoms with Gasteiger partial charge in [-0.2, -0.15) is 10.5 Å². The SMILES string of the molecule is CC1=C(C)C(=C(C#N)C#N)C(=O)N1. The van der Waals surface area contributed by atoms with E-state index < -0.39 is 0 Å². The van der Waals surface area contributed by atoms with Gasteiger partial charge in [0.25, 0.3) is 5.91 Å². The number of nitrogens with zero attached hydrogens (tertiary/aromatic N) is 2. The molecule has 0 saturated carbocycles. The van der Waals surface area contributed by atoms with Crippen molar-refractivity contribution in [3.8, 4) is 12.1 Å². The summed E-state index contributed by atoms with van der Waals surface area (Å²) in [5, 5.41) is 19.7. The van der Waals surface area contributed by atoms with Crippen LogP contribution in [0.4, 0.5) is 0 Å². The summed E-state index contributed by atoms with van der Waals surface area (Å²) in [6.07, 6.45) is 0. The molecule has 0 saturated heterocycles. The lowest BCUT2D eigenvalue weighted by Gasteiger charge is -1.93. The summed E-state index contributed by atoms with van der Waals surface area (Å²) in [6.45, 7) is 3.43. The third-order valence-corrected chi connectivity index (χ3v) is 1.94. The van der Waals surface area contributed by atoms with Gasteiger partial charge >= 0.3 is 0 Å². The van der Waals surface area contributed by atoms with Crippen molar-refractivity contribution < 1.29 is 4.79 Å². The van der Waals surface area contributed by atoms with Crippen LogP contribution in [0.5, 0.6) is 0 Å². The second-order valence-electron chi connectivity index (χ2n) is 2.68.